The molecule has 3 rings (SSSR count). The minimum atomic E-state index is 0.499. The number of pyridine rings is 1. The van der Waals surface area contributed by atoms with Crippen molar-refractivity contribution < 1.29 is 0 Å². The summed E-state index contributed by atoms with van der Waals surface area (Å²) in [5, 5.41) is 3.50. The standard InChI is InChI=1S/C15H19N3/c1-11-5-6-12(2)18(11)15-8-7-13(10-17-15)14-4-3-9-16-14/h5-8,10,14,16H,3-4,9H2,1-2H3/t14-/m1/s1. The molecule has 2 aromatic rings. The minimum Gasteiger partial charge on any atom is -0.310 e. The highest BCUT2D eigenvalue weighted by atomic mass is 15.1. The Morgan fingerprint density at radius 1 is 1.17 bits per heavy atom. The number of hydrogen-bond donors (Lipinski definition) is 1. The van der Waals surface area contributed by atoms with Crippen LogP contribution in [0, 0.1) is 13.8 Å². The van der Waals surface area contributed by atoms with Crippen molar-refractivity contribution in [3.8, 4) is 5.82 Å². The van der Waals surface area contributed by atoms with Crippen molar-refractivity contribution in [1.82, 2.24) is 14.9 Å². The Morgan fingerprint density at radius 3 is 2.50 bits per heavy atom. The lowest BCUT2D eigenvalue weighted by atomic mass is 10.1. The van der Waals surface area contributed by atoms with E-state index in [1.807, 2.05) is 6.20 Å². The third-order valence-corrected chi connectivity index (χ3v) is 3.73. The van der Waals surface area contributed by atoms with Gasteiger partial charge in [0.1, 0.15) is 5.82 Å². The highest BCUT2D eigenvalue weighted by Crippen LogP contribution is 2.23. The monoisotopic (exact) mass is 241 g/mol. The minimum absolute atomic E-state index is 0.499. The van der Waals surface area contributed by atoms with Crippen LogP contribution in [0.25, 0.3) is 5.82 Å². The first-order valence-corrected chi connectivity index (χ1v) is 6.60. The first kappa shape index (κ1) is 11.5. The molecule has 1 atom stereocenters. The van der Waals surface area contributed by atoms with Gasteiger partial charge in [0.05, 0.1) is 0 Å². The number of nitrogens with zero attached hydrogens (tertiary/aromatic N) is 2. The Bertz CT molecular complexity index is 514. The van der Waals surface area contributed by atoms with Gasteiger partial charge in [-0.25, -0.2) is 4.98 Å². The van der Waals surface area contributed by atoms with Gasteiger partial charge in [-0.15, -0.1) is 0 Å². The van der Waals surface area contributed by atoms with Gasteiger partial charge in [-0.05, 0) is 57.0 Å². The normalized spacial score (nSPS) is 19.3. The van der Waals surface area contributed by atoms with Crippen molar-refractivity contribution >= 4 is 0 Å². The van der Waals surface area contributed by atoms with Crippen LogP contribution in [0.4, 0.5) is 0 Å². The summed E-state index contributed by atoms with van der Waals surface area (Å²) in [4.78, 5) is 4.61. The Labute approximate surface area is 108 Å². The number of aromatic nitrogens is 2. The summed E-state index contributed by atoms with van der Waals surface area (Å²) in [6.07, 6.45) is 4.50. The van der Waals surface area contributed by atoms with Gasteiger partial charge in [-0.3, -0.25) is 0 Å². The van der Waals surface area contributed by atoms with Crippen LogP contribution >= 0.6 is 0 Å². The van der Waals surface area contributed by atoms with Crippen molar-refractivity contribution in [2.75, 3.05) is 6.54 Å². The van der Waals surface area contributed by atoms with Crippen LogP contribution in [-0.4, -0.2) is 16.1 Å². The molecule has 94 valence electrons. The van der Waals surface area contributed by atoms with Crippen molar-refractivity contribution in [2.24, 2.45) is 0 Å². The van der Waals surface area contributed by atoms with Crippen molar-refractivity contribution in [3.63, 3.8) is 0 Å². The van der Waals surface area contributed by atoms with Crippen LogP contribution in [0.3, 0.4) is 0 Å². The average Bonchev–Trinajstić information content (AvgIpc) is 3.01. The zero-order valence-electron chi connectivity index (χ0n) is 11.0. The molecule has 3 heteroatoms. The Morgan fingerprint density at radius 2 is 1.94 bits per heavy atom. The van der Waals surface area contributed by atoms with Gasteiger partial charge < -0.3 is 9.88 Å². The molecule has 2 aromatic heterocycles. The summed E-state index contributed by atoms with van der Waals surface area (Å²) in [6, 6.07) is 9.07. The number of rotatable bonds is 2. The lowest BCUT2D eigenvalue weighted by Crippen LogP contribution is -2.13. The van der Waals surface area contributed by atoms with E-state index >= 15 is 0 Å². The number of aryl methyl sites for hydroxylation is 2. The van der Waals surface area contributed by atoms with Gasteiger partial charge in [0.25, 0.3) is 0 Å². The summed E-state index contributed by atoms with van der Waals surface area (Å²) >= 11 is 0. The van der Waals surface area contributed by atoms with Gasteiger partial charge in [0.2, 0.25) is 0 Å². The highest BCUT2D eigenvalue weighted by molar-refractivity contribution is 5.33. The van der Waals surface area contributed by atoms with Crippen LogP contribution in [0.1, 0.15) is 35.8 Å². The Kier molecular flexibility index (Phi) is 2.92. The summed E-state index contributed by atoms with van der Waals surface area (Å²) in [5.41, 5.74) is 3.76. The fraction of sp³-hybridized carbons (Fsp3) is 0.400. The van der Waals surface area contributed by atoms with Gasteiger partial charge in [-0.2, -0.15) is 0 Å². The predicted molar refractivity (Wildman–Crippen MR) is 73.0 cm³/mol. The molecule has 0 aromatic carbocycles. The van der Waals surface area contributed by atoms with Gasteiger partial charge in [0, 0.05) is 23.6 Å². The maximum Gasteiger partial charge on any atom is 0.136 e. The SMILES string of the molecule is Cc1ccc(C)n1-c1ccc([C@H]2CCCN2)cn1. The fourth-order valence-corrected chi connectivity index (χ4v) is 2.73. The molecule has 1 saturated heterocycles. The lowest BCUT2D eigenvalue weighted by Gasteiger charge is -2.12. The van der Waals surface area contributed by atoms with E-state index in [0.717, 1.165) is 12.4 Å². The number of hydrogen-bond acceptors (Lipinski definition) is 2. The van der Waals surface area contributed by atoms with Crippen LogP contribution in [-0.2, 0) is 0 Å². The van der Waals surface area contributed by atoms with E-state index in [2.05, 4.69) is 53.0 Å². The molecule has 0 spiro atoms. The third-order valence-electron chi connectivity index (χ3n) is 3.73. The molecule has 0 radical (unpaired) electrons. The van der Waals surface area contributed by atoms with Gasteiger partial charge >= 0.3 is 0 Å². The van der Waals surface area contributed by atoms with Crippen molar-refractivity contribution in [3.05, 3.63) is 47.4 Å². The summed E-state index contributed by atoms with van der Waals surface area (Å²) in [5.74, 6) is 1.01. The largest absolute Gasteiger partial charge is 0.310 e. The zero-order chi connectivity index (χ0) is 12.5. The summed E-state index contributed by atoms with van der Waals surface area (Å²) in [7, 11) is 0. The van der Waals surface area contributed by atoms with Gasteiger partial charge in [0.15, 0.2) is 0 Å². The van der Waals surface area contributed by atoms with E-state index in [1.165, 1.54) is 29.8 Å². The van der Waals surface area contributed by atoms with Gasteiger partial charge in [-0.1, -0.05) is 6.07 Å². The second-order valence-corrected chi connectivity index (χ2v) is 5.05. The Hall–Kier alpha value is -1.61. The maximum atomic E-state index is 4.61. The molecule has 18 heavy (non-hydrogen) atoms. The average molecular weight is 241 g/mol. The second kappa shape index (κ2) is 4.58. The lowest BCUT2D eigenvalue weighted by molar-refractivity contribution is 0.644. The van der Waals surface area contributed by atoms with Crippen LogP contribution in [0.15, 0.2) is 30.5 Å². The van der Waals surface area contributed by atoms with Crippen LogP contribution in [0.2, 0.25) is 0 Å². The second-order valence-electron chi connectivity index (χ2n) is 5.05. The Balaban J connectivity index is 1.91. The zero-order valence-corrected chi connectivity index (χ0v) is 11.0. The molecule has 3 heterocycles. The van der Waals surface area contributed by atoms with E-state index < -0.39 is 0 Å². The molecule has 0 bridgehead atoms. The third kappa shape index (κ3) is 1.95. The molecule has 0 saturated carbocycles. The van der Waals surface area contributed by atoms with E-state index in [1.54, 1.807) is 0 Å². The fourth-order valence-electron chi connectivity index (χ4n) is 2.73. The summed E-state index contributed by atoms with van der Waals surface area (Å²) in [6.45, 7) is 5.35. The van der Waals surface area contributed by atoms with E-state index in [9.17, 15) is 0 Å². The van der Waals surface area contributed by atoms with Crippen LogP contribution in [0.5, 0.6) is 0 Å². The molecule has 0 unspecified atom stereocenters. The quantitative estimate of drug-likeness (QED) is 0.876. The topological polar surface area (TPSA) is 29.9 Å². The highest BCUT2D eigenvalue weighted by Gasteiger charge is 2.16. The predicted octanol–water partition coefficient (Wildman–Crippen LogP) is 2.91. The first-order valence-electron chi connectivity index (χ1n) is 6.60. The van der Waals surface area contributed by atoms with Crippen molar-refractivity contribution in [2.45, 2.75) is 32.7 Å². The molecule has 0 aliphatic carbocycles. The van der Waals surface area contributed by atoms with Crippen molar-refractivity contribution in [1.29, 1.82) is 0 Å². The summed E-state index contributed by atoms with van der Waals surface area (Å²) < 4.78 is 2.19. The molecule has 0 amide bonds. The number of nitrogens with one attached hydrogen (secondary N) is 1. The molecule has 3 nitrogen and oxygen atoms in total. The molecular weight excluding hydrogens is 222 g/mol. The van der Waals surface area contributed by atoms with E-state index in [-0.39, 0.29) is 0 Å². The van der Waals surface area contributed by atoms with E-state index in [0.29, 0.717) is 6.04 Å². The van der Waals surface area contributed by atoms with E-state index in [4.69, 9.17) is 0 Å². The molecular formula is C15H19N3. The molecule has 1 aliphatic rings. The molecule has 1 N–H and O–H groups in total. The maximum absolute atomic E-state index is 4.61. The molecule has 1 aliphatic heterocycles. The smallest absolute Gasteiger partial charge is 0.136 e. The van der Waals surface area contributed by atoms with Crippen LogP contribution < -0.4 is 5.32 Å². The molecule has 1 fully saturated rings. The first-order chi connectivity index (χ1) is 8.75.